The highest BCUT2D eigenvalue weighted by Crippen LogP contribution is 2.27. The number of hydrogen-bond donors (Lipinski definition) is 0. The number of nitrogens with zero attached hydrogens (tertiary/aromatic N) is 2. The Hall–Kier alpha value is -1.02. The second-order valence-electron chi connectivity index (χ2n) is 5.18. The van der Waals surface area contributed by atoms with Crippen molar-refractivity contribution < 1.29 is 0 Å². The van der Waals surface area contributed by atoms with E-state index in [1.54, 1.807) is 0 Å². The van der Waals surface area contributed by atoms with Crippen LogP contribution in [0.15, 0.2) is 18.2 Å². The average Bonchev–Trinajstić information content (AvgIpc) is 2.74. The molecule has 0 spiro atoms. The molecule has 0 amide bonds. The number of halogens is 1. The van der Waals surface area contributed by atoms with Gasteiger partial charge in [0, 0.05) is 18.3 Å². The van der Waals surface area contributed by atoms with Gasteiger partial charge in [-0.05, 0) is 37.5 Å². The smallest absolute Gasteiger partial charge is 0.111 e. The molecule has 0 aliphatic heterocycles. The van der Waals surface area contributed by atoms with Crippen LogP contribution >= 0.6 is 11.6 Å². The van der Waals surface area contributed by atoms with E-state index in [0.717, 1.165) is 24.2 Å². The van der Waals surface area contributed by atoms with E-state index < -0.39 is 0 Å². The molecule has 0 saturated heterocycles. The molecule has 19 heavy (non-hydrogen) atoms. The third-order valence-electron chi connectivity index (χ3n) is 3.69. The largest absolute Gasteiger partial charge is 0.325 e. The van der Waals surface area contributed by atoms with Crippen LogP contribution in [-0.2, 0) is 6.42 Å². The van der Waals surface area contributed by atoms with Crippen LogP contribution in [0.3, 0.4) is 0 Å². The van der Waals surface area contributed by atoms with E-state index >= 15 is 0 Å². The molecule has 0 bridgehead atoms. The van der Waals surface area contributed by atoms with E-state index in [0.29, 0.717) is 11.9 Å². The quantitative estimate of drug-likeness (QED) is 0.689. The summed E-state index contributed by atoms with van der Waals surface area (Å²) in [6.07, 6.45) is 4.38. The summed E-state index contributed by atoms with van der Waals surface area (Å²) in [7, 11) is 0. The number of rotatable bonds is 6. The fraction of sp³-hybridized carbons (Fsp3) is 0.562. The van der Waals surface area contributed by atoms with Crippen LogP contribution in [0.2, 0.25) is 0 Å². The van der Waals surface area contributed by atoms with Gasteiger partial charge in [0.15, 0.2) is 0 Å². The van der Waals surface area contributed by atoms with Crippen LogP contribution in [-0.4, -0.2) is 15.4 Å². The predicted molar refractivity (Wildman–Crippen MR) is 83.1 cm³/mol. The van der Waals surface area contributed by atoms with Gasteiger partial charge in [-0.2, -0.15) is 0 Å². The van der Waals surface area contributed by atoms with E-state index in [1.165, 1.54) is 23.9 Å². The molecule has 0 saturated carbocycles. The van der Waals surface area contributed by atoms with Gasteiger partial charge in [-0.3, -0.25) is 0 Å². The Kier molecular flexibility index (Phi) is 4.87. The highest BCUT2D eigenvalue weighted by atomic mass is 35.5. The van der Waals surface area contributed by atoms with Crippen LogP contribution in [0.5, 0.6) is 0 Å². The van der Waals surface area contributed by atoms with Crippen molar-refractivity contribution in [3.63, 3.8) is 0 Å². The van der Waals surface area contributed by atoms with Crippen molar-refractivity contribution in [2.45, 2.75) is 52.5 Å². The summed E-state index contributed by atoms with van der Waals surface area (Å²) in [6.45, 7) is 6.64. The van der Waals surface area contributed by atoms with Gasteiger partial charge in [-0.25, -0.2) is 4.98 Å². The summed E-state index contributed by atoms with van der Waals surface area (Å²) >= 11 is 5.94. The Morgan fingerprint density at radius 3 is 2.74 bits per heavy atom. The first kappa shape index (κ1) is 14.4. The number of fused-ring (bicyclic) bond motifs is 1. The van der Waals surface area contributed by atoms with Gasteiger partial charge < -0.3 is 4.57 Å². The monoisotopic (exact) mass is 278 g/mol. The van der Waals surface area contributed by atoms with E-state index in [2.05, 4.69) is 43.5 Å². The molecule has 0 N–H and O–H groups in total. The van der Waals surface area contributed by atoms with Gasteiger partial charge in [0.05, 0.1) is 11.0 Å². The molecule has 0 aliphatic carbocycles. The molecule has 1 unspecified atom stereocenters. The number of imidazole rings is 1. The maximum Gasteiger partial charge on any atom is 0.111 e. The van der Waals surface area contributed by atoms with Gasteiger partial charge in [0.25, 0.3) is 0 Å². The maximum atomic E-state index is 5.94. The zero-order valence-electron chi connectivity index (χ0n) is 12.1. The molecule has 1 aromatic carbocycles. The maximum absolute atomic E-state index is 5.94. The standard InChI is InChI=1S/C16H23ClN2/c1-4-6-13(5-2)19-15-11-12(3)7-8-14(15)18-16(19)9-10-17/h7-8,11,13H,4-6,9-10H2,1-3H3. The minimum Gasteiger partial charge on any atom is -0.325 e. The molecular weight excluding hydrogens is 256 g/mol. The number of aryl methyl sites for hydroxylation is 2. The lowest BCUT2D eigenvalue weighted by Gasteiger charge is -2.20. The first-order valence-corrected chi connectivity index (χ1v) is 7.78. The molecule has 104 valence electrons. The zero-order chi connectivity index (χ0) is 13.8. The highest BCUT2D eigenvalue weighted by molar-refractivity contribution is 6.17. The summed E-state index contributed by atoms with van der Waals surface area (Å²) in [5, 5.41) is 0. The summed E-state index contributed by atoms with van der Waals surface area (Å²) in [5.41, 5.74) is 3.65. The lowest BCUT2D eigenvalue weighted by Crippen LogP contribution is -2.12. The summed E-state index contributed by atoms with van der Waals surface area (Å²) in [6, 6.07) is 7.04. The molecule has 1 aromatic heterocycles. The van der Waals surface area contributed by atoms with Crippen molar-refractivity contribution in [1.82, 2.24) is 9.55 Å². The van der Waals surface area contributed by atoms with Crippen molar-refractivity contribution in [2.75, 3.05) is 5.88 Å². The molecule has 3 heteroatoms. The van der Waals surface area contributed by atoms with Gasteiger partial charge in [-0.1, -0.05) is 26.3 Å². The minimum absolute atomic E-state index is 0.537. The van der Waals surface area contributed by atoms with Crippen molar-refractivity contribution in [3.8, 4) is 0 Å². The first-order chi connectivity index (χ1) is 9.21. The molecule has 0 aliphatic rings. The van der Waals surface area contributed by atoms with Crippen LogP contribution in [0.1, 0.15) is 50.5 Å². The normalized spacial score (nSPS) is 13.1. The molecule has 1 atom stereocenters. The second-order valence-corrected chi connectivity index (χ2v) is 5.56. The lowest BCUT2D eigenvalue weighted by atomic mass is 10.1. The number of alkyl halides is 1. The molecule has 0 fully saturated rings. The van der Waals surface area contributed by atoms with Crippen LogP contribution in [0, 0.1) is 6.92 Å². The van der Waals surface area contributed by atoms with Gasteiger partial charge in [-0.15, -0.1) is 11.6 Å². The molecule has 1 heterocycles. The van der Waals surface area contributed by atoms with Gasteiger partial charge >= 0.3 is 0 Å². The summed E-state index contributed by atoms with van der Waals surface area (Å²) in [5.74, 6) is 1.76. The third kappa shape index (κ3) is 2.94. The topological polar surface area (TPSA) is 17.8 Å². The van der Waals surface area contributed by atoms with E-state index in [4.69, 9.17) is 16.6 Å². The number of hydrogen-bond acceptors (Lipinski definition) is 1. The second kappa shape index (κ2) is 6.42. The molecule has 2 rings (SSSR count). The Labute approximate surface area is 120 Å². The molecule has 2 aromatic rings. The number of aromatic nitrogens is 2. The lowest BCUT2D eigenvalue weighted by molar-refractivity contribution is 0.445. The Morgan fingerprint density at radius 2 is 2.11 bits per heavy atom. The van der Waals surface area contributed by atoms with Crippen molar-refractivity contribution >= 4 is 22.6 Å². The zero-order valence-corrected chi connectivity index (χ0v) is 12.9. The van der Waals surface area contributed by atoms with E-state index in [1.807, 2.05) is 0 Å². The Morgan fingerprint density at radius 1 is 1.32 bits per heavy atom. The van der Waals surface area contributed by atoms with Crippen LogP contribution in [0.4, 0.5) is 0 Å². The molecule has 0 radical (unpaired) electrons. The summed E-state index contributed by atoms with van der Waals surface area (Å²) < 4.78 is 2.42. The molecular formula is C16H23ClN2. The van der Waals surface area contributed by atoms with Crippen molar-refractivity contribution in [3.05, 3.63) is 29.6 Å². The van der Waals surface area contributed by atoms with Crippen LogP contribution in [0.25, 0.3) is 11.0 Å². The average molecular weight is 279 g/mol. The first-order valence-electron chi connectivity index (χ1n) is 7.24. The fourth-order valence-electron chi connectivity index (χ4n) is 2.77. The van der Waals surface area contributed by atoms with Crippen molar-refractivity contribution in [2.24, 2.45) is 0 Å². The summed E-state index contributed by atoms with van der Waals surface area (Å²) in [4.78, 5) is 4.77. The minimum atomic E-state index is 0.537. The van der Waals surface area contributed by atoms with Gasteiger partial charge in [0.2, 0.25) is 0 Å². The highest BCUT2D eigenvalue weighted by Gasteiger charge is 2.17. The van der Waals surface area contributed by atoms with Crippen LogP contribution < -0.4 is 0 Å². The SMILES string of the molecule is CCCC(CC)n1c(CCCl)nc2ccc(C)cc21. The Balaban J connectivity index is 2.58. The van der Waals surface area contributed by atoms with Crippen molar-refractivity contribution in [1.29, 1.82) is 0 Å². The van der Waals surface area contributed by atoms with E-state index in [9.17, 15) is 0 Å². The molecule has 2 nitrogen and oxygen atoms in total. The third-order valence-corrected chi connectivity index (χ3v) is 3.88. The Bertz CT molecular complexity index is 545. The number of benzene rings is 1. The van der Waals surface area contributed by atoms with E-state index in [-0.39, 0.29) is 0 Å². The van der Waals surface area contributed by atoms with Gasteiger partial charge in [0.1, 0.15) is 5.82 Å². The predicted octanol–water partition coefficient (Wildman–Crippen LogP) is 4.88. The fourth-order valence-corrected chi connectivity index (χ4v) is 2.94.